The molecule has 136 valence electrons. The Morgan fingerprint density at radius 2 is 1.81 bits per heavy atom. The molecule has 3 heterocycles. The lowest BCUT2D eigenvalue weighted by molar-refractivity contribution is 0.0733. The highest BCUT2D eigenvalue weighted by atomic mass is 16.2. The highest BCUT2D eigenvalue weighted by molar-refractivity contribution is 5.94. The zero-order valence-corrected chi connectivity index (χ0v) is 15.7. The quantitative estimate of drug-likeness (QED) is 0.853. The van der Waals surface area contributed by atoms with E-state index in [1.807, 2.05) is 36.1 Å². The van der Waals surface area contributed by atoms with Gasteiger partial charge in [0.2, 0.25) is 0 Å². The first-order valence-corrected chi connectivity index (χ1v) is 9.65. The maximum absolute atomic E-state index is 13.0. The molecule has 0 N–H and O–H groups in total. The summed E-state index contributed by atoms with van der Waals surface area (Å²) >= 11 is 0. The molecule has 5 nitrogen and oxygen atoms in total. The van der Waals surface area contributed by atoms with E-state index in [0.717, 1.165) is 60.9 Å². The van der Waals surface area contributed by atoms with Crippen LogP contribution in [0, 0.1) is 6.92 Å². The van der Waals surface area contributed by atoms with Gasteiger partial charge in [-0.1, -0.05) is 19.1 Å². The predicted octanol–water partition coefficient (Wildman–Crippen LogP) is 3.15. The Bertz CT molecular complexity index is 810. The minimum Gasteiger partial charge on any atom is -0.356 e. The van der Waals surface area contributed by atoms with E-state index in [1.165, 1.54) is 18.4 Å². The number of fused-ring (bicyclic) bond motifs is 1. The second-order valence-electron chi connectivity index (χ2n) is 7.24. The molecule has 1 amide bonds. The Morgan fingerprint density at radius 1 is 1.08 bits per heavy atom. The molecule has 1 aromatic heterocycles. The first-order valence-electron chi connectivity index (χ1n) is 9.65. The molecule has 2 aliphatic rings. The van der Waals surface area contributed by atoms with Crippen molar-refractivity contribution in [1.29, 1.82) is 0 Å². The third-order valence-corrected chi connectivity index (χ3v) is 5.45. The summed E-state index contributed by atoms with van der Waals surface area (Å²) in [7, 11) is 0. The fraction of sp³-hybridized carbons (Fsp3) is 0.476. The minimum atomic E-state index is 0.103. The van der Waals surface area contributed by atoms with E-state index < -0.39 is 0 Å². The van der Waals surface area contributed by atoms with Crippen LogP contribution in [0.2, 0.25) is 0 Å². The fourth-order valence-corrected chi connectivity index (χ4v) is 3.95. The van der Waals surface area contributed by atoms with Gasteiger partial charge < -0.3 is 9.80 Å². The lowest BCUT2D eigenvalue weighted by atomic mass is 10.0. The number of hydrogen-bond donors (Lipinski definition) is 0. The molecule has 0 atom stereocenters. The summed E-state index contributed by atoms with van der Waals surface area (Å²) in [5.41, 5.74) is 4.28. The van der Waals surface area contributed by atoms with Crippen LogP contribution in [0.3, 0.4) is 0 Å². The molecule has 0 radical (unpaired) electrons. The van der Waals surface area contributed by atoms with E-state index in [9.17, 15) is 4.79 Å². The van der Waals surface area contributed by atoms with Crippen molar-refractivity contribution in [3.63, 3.8) is 0 Å². The summed E-state index contributed by atoms with van der Waals surface area (Å²) in [6, 6.07) is 7.99. The second kappa shape index (κ2) is 7.06. The van der Waals surface area contributed by atoms with E-state index >= 15 is 0 Å². The highest BCUT2D eigenvalue weighted by Crippen LogP contribution is 2.29. The number of anilines is 1. The molecular weight excluding hydrogens is 324 g/mol. The Labute approximate surface area is 155 Å². The van der Waals surface area contributed by atoms with Gasteiger partial charge in [0.05, 0.1) is 12.2 Å². The van der Waals surface area contributed by atoms with Crippen molar-refractivity contribution < 1.29 is 4.79 Å². The van der Waals surface area contributed by atoms with Crippen LogP contribution >= 0.6 is 0 Å². The molecule has 0 unspecified atom stereocenters. The van der Waals surface area contributed by atoms with Crippen molar-refractivity contribution in [3.8, 4) is 0 Å². The van der Waals surface area contributed by atoms with Crippen molar-refractivity contribution in [1.82, 2.24) is 14.9 Å². The van der Waals surface area contributed by atoms with E-state index in [-0.39, 0.29) is 5.91 Å². The Hall–Kier alpha value is -2.43. The summed E-state index contributed by atoms with van der Waals surface area (Å²) in [4.78, 5) is 26.7. The molecule has 2 aliphatic heterocycles. The average Bonchev–Trinajstić information content (AvgIpc) is 3.21. The van der Waals surface area contributed by atoms with Crippen LogP contribution in [0.5, 0.6) is 0 Å². The average molecular weight is 350 g/mol. The SMILES string of the molecule is CCc1ccc(C(=O)N2CCc3nc(C)nc(N4CCCC4)c3C2)cc1. The predicted molar refractivity (Wildman–Crippen MR) is 102 cm³/mol. The molecule has 1 saturated heterocycles. The highest BCUT2D eigenvalue weighted by Gasteiger charge is 2.28. The lowest BCUT2D eigenvalue weighted by Gasteiger charge is -2.31. The molecule has 0 bridgehead atoms. The monoisotopic (exact) mass is 350 g/mol. The standard InChI is InChI=1S/C21H26N4O/c1-3-16-6-8-17(9-7-16)21(26)25-13-10-19-18(14-25)20(23-15(2)22-19)24-11-4-5-12-24/h6-9H,3-5,10-14H2,1-2H3. The summed E-state index contributed by atoms with van der Waals surface area (Å²) < 4.78 is 0. The molecule has 2 aromatic rings. The fourth-order valence-electron chi connectivity index (χ4n) is 3.95. The molecule has 4 rings (SSSR count). The lowest BCUT2D eigenvalue weighted by Crippen LogP contribution is -2.38. The van der Waals surface area contributed by atoms with Gasteiger partial charge in [-0.25, -0.2) is 9.97 Å². The smallest absolute Gasteiger partial charge is 0.254 e. The number of aromatic nitrogens is 2. The zero-order valence-electron chi connectivity index (χ0n) is 15.7. The Kier molecular flexibility index (Phi) is 4.62. The number of aryl methyl sites for hydroxylation is 2. The van der Waals surface area contributed by atoms with Crippen LogP contribution in [0.4, 0.5) is 5.82 Å². The van der Waals surface area contributed by atoms with E-state index in [1.54, 1.807) is 0 Å². The van der Waals surface area contributed by atoms with E-state index in [4.69, 9.17) is 4.98 Å². The number of carbonyl (C=O) groups excluding carboxylic acids is 1. The minimum absolute atomic E-state index is 0.103. The largest absolute Gasteiger partial charge is 0.356 e. The van der Waals surface area contributed by atoms with Crippen LogP contribution in [-0.4, -0.2) is 40.4 Å². The third-order valence-electron chi connectivity index (χ3n) is 5.45. The molecule has 1 fully saturated rings. The number of rotatable bonds is 3. The third kappa shape index (κ3) is 3.18. The Balaban J connectivity index is 1.61. The van der Waals surface area contributed by atoms with Crippen LogP contribution in [0.25, 0.3) is 0 Å². The van der Waals surface area contributed by atoms with Gasteiger partial charge in [-0.15, -0.1) is 0 Å². The first-order chi connectivity index (χ1) is 12.7. The van der Waals surface area contributed by atoms with Gasteiger partial charge in [-0.3, -0.25) is 4.79 Å². The number of hydrogen-bond acceptors (Lipinski definition) is 4. The summed E-state index contributed by atoms with van der Waals surface area (Å²) in [5, 5.41) is 0. The zero-order chi connectivity index (χ0) is 18.1. The summed E-state index contributed by atoms with van der Waals surface area (Å²) in [5.74, 6) is 1.98. The molecule has 26 heavy (non-hydrogen) atoms. The van der Waals surface area contributed by atoms with Gasteiger partial charge in [-0.05, 0) is 43.9 Å². The van der Waals surface area contributed by atoms with Crippen molar-refractivity contribution in [3.05, 3.63) is 52.5 Å². The van der Waals surface area contributed by atoms with Crippen LogP contribution in [-0.2, 0) is 19.4 Å². The van der Waals surface area contributed by atoms with Crippen molar-refractivity contribution >= 4 is 11.7 Å². The molecule has 0 spiro atoms. The summed E-state index contributed by atoms with van der Waals surface area (Å²) in [6.45, 7) is 7.52. The number of carbonyl (C=O) groups is 1. The normalized spacial score (nSPS) is 16.7. The van der Waals surface area contributed by atoms with E-state index in [0.29, 0.717) is 6.54 Å². The summed E-state index contributed by atoms with van der Waals surface area (Å²) in [6.07, 6.45) is 4.22. The molecule has 0 aliphatic carbocycles. The van der Waals surface area contributed by atoms with Gasteiger partial charge >= 0.3 is 0 Å². The number of nitrogens with zero attached hydrogens (tertiary/aromatic N) is 4. The van der Waals surface area contributed by atoms with Crippen LogP contribution in [0.15, 0.2) is 24.3 Å². The molecule has 1 aromatic carbocycles. The van der Waals surface area contributed by atoms with Gasteiger partial charge in [0, 0.05) is 37.2 Å². The number of amides is 1. The van der Waals surface area contributed by atoms with Crippen LogP contribution in [0.1, 0.15) is 52.8 Å². The molecule has 5 heteroatoms. The second-order valence-corrected chi connectivity index (χ2v) is 7.24. The first kappa shape index (κ1) is 17.0. The Morgan fingerprint density at radius 3 is 2.50 bits per heavy atom. The van der Waals surface area contributed by atoms with Gasteiger partial charge in [0.25, 0.3) is 5.91 Å². The maximum atomic E-state index is 13.0. The number of benzene rings is 1. The topological polar surface area (TPSA) is 49.3 Å². The van der Waals surface area contributed by atoms with Crippen molar-refractivity contribution in [2.24, 2.45) is 0 Å². The molecular formula is C21H26N4O. The van der Waals surface area contributed by atoms with Crippen molar-refractivity contribution in [2.75, 3.05) is 24.5 Å². The van der Waals surface area contributed by atoms with Crippen molar-refractivity contribution in [2.45, 2.75) is 46.1 Å². The van der Waals surface area contributed by atoms with Gasteiger partial charge in [0.15, 0.2) is 0 Å². The molecule has 0 saturated carbocycles. The van der Waals surface area contributed by atoms with E-state index in [2.05, 4.69) is 16.8 Å². The van der Waals surface area contributed by atoms with Crippen LogP contribution < -0.4 is 4.90 Å². The maximum Gasteiger partial charge on any atom is 0.254 e. The van der Waals surface area contributed by atoms with Gasteiger partial charge in [-0.2, -0.15) is 0 Å². The van der Waals surface area contributed by atoms with Gasteiger partial charge in [0.1, 0.15) is 11.6 Å².